The molecule has 2 aliphatic heterocycles. The Bertz CT molecular complexity index is 1360. The summed E-state index contributed by atoms with van der Waals surface area (Å²) in [5.74, 6) is 0.339. The summed E-state index contributed by atoms with van der Waals surface area (Å²) in [7, 11) is -0.125. The molecule has 4 rings (SSSR count). The number of hydrogen-bond donors (Lipinski definition) is 0. The lowest BCUT2D eigenvalue weighted by molar-refractivity contribution is -0.129. The van der Waals surface area contributed by atoms with Gasteiger partial charge in [0.15, 0.2) is 21.3 Å². The van der Waals surface area contributed by atoms with E-state index in [0.29, 0.717) is 32.7 Å². The Hall–Kier alpha value is -3.15. The summed E-state index contributed by atoms with van der Waals surface area (Å²) >= 11 is 6.48. The van der Waals surface area contributed by atoms with Gasteiger partial charge in [-0.2, -0.15) is 0 Å². The molecule has 2 fully saturated rings. The number of esters is 1. The van der Waals surface area contributed by atoms with Gasteiger partial charge in [0, 0.05) is 6.08 Å². The predicted octanol–water partition coefficient (Wildman–Crippen LogP) is 3.71. The Kier molecular flexibility index (Phi) is 7.82. The predicted molar refractivity (Wildman–Crippen MR) is 143 cm³/mol. The van der Waals surface area contributed by atoms with Crippen LogP contribution in [0, 0.1) is 0 Å². The first-order chi connectivity index (χ1) is 17.2. The van der Waals surface area contributed by atoms with Gasteiger partial charge in [0.1, 0.15) is 10.1 Å². The molecule has 0 saturated carbocycles. The highest BCUT2D eigenvalue weighted by molar-refractivity contribution is 8.26. The number of methoxy groups -OCH3 is 2. The maximum atomic E-state index is 12.9. The third kappa shape index (κ3) is 5.97. The Morgan fingerprint density at radius 1 is 1.08 bits per heavy atom. The molecular formula is C25H23NO7S3. The number of thioether (sulfide) groups is 1. The summed E-state index contributed by atoms with van der Waals surface area (Å²) in [5, 5.41) is 0. The summed E-state index contributed by atoms with van der Waals surface area (Å²) in [6, 6.07) is 11.7. The van der Waals surface area contributed by atoms with E-state index >= 15 is 0 Å². The van der Waals surface area contributed by atoms with E-state index in [9.17, 15) is 18.0 Å². The van der Waals surface area contributed by atoms with E-state index in [1.165, 1.54) is 18.1 Å². The Labute approximate surface area is 218 Å². The molecule has 0 bridgehead atoms. The molecule has 0 aromatic heterocycles. The standard InChI is InChI=1S/C25H23NO7S3/c1-31-19-7-3-16(4-8-19)6-10-23(27)33-20-9-5-17(13-21(20)32-2)14-22-24(28)26(25(34)35-22)18-11-12-36(29,30)15-18/h3-10,13-14,18H,11-12,15H2,1-2H3/b10-6+,22-14+/t18-/m0/s1. The molecule has 8 nitrogen and oxygen atoms in total. The molecule has 2 aromatic carbocycles. The van der Waals surface area contributed by atoms with Gasteiger partial charge in [-0.3, -0.25) is 9.69 Å². The quantitative estimate of drug-likeness (QED) is 0.223. The van der Waals surface area contributed by atoms with E-state index < -0.39 is 21.8 Å². The van der Waals surface area contributed by atoms with Crippen LogP contribution < -0.4 is 14.2 Å². The van der Waals surface area contributed by atoms with E-state index in [2.05, 4.69) is 0 Å². The smallest absolute Gasteiger partial charge is 0.336 e. The van der Waals surface area contributed by atoms with Gasteiger partial charge < -0.3 is 14.2 Å². The SMILES string of the molecule is COc1ccc(/C=C/C(=O)Oc2ccc(/C=C3/SC(=S)N([C@H]4CCS(=O)(=O)C4)C3=O)cc2OC)cc1. The van der Waals surface area contributed by atoms with Crippen molar-refractivity contribution in [3.8, 4) is 17.2 Å². The van der Waals surface area contributed by atoms with Crippen molar-refractivity contribution >= 4 is 62.2 Å². The first kappa shape index (κ1) is 25.9. The lowest BCUT2D eigenvalue weighted by Gasteiger charge is -2.20. The number of thiocarbonyl (C=S) groups is 1. The van der Waals surface area contributed by atoms with Gasteiger partial charge in [-0.15, -0.1) is 0 Å². The number of amides is 1. The first-order valence-electron chi connectivity index (χ1n) is 10.9. The molecule has 0 radical (unpaired) electrons. The molecule has 11 heteroatoms. The van der Waals surface area contributed by atoms with Crippen LogP contribution in [-0.2, 0) is 19.4 Å². The van der Waals surface area contributed by atoms with Crippen LogP contribution in [0.1, 0.15) is 17.5 Å². The normalized spacial score (nSPS) is 20.3. The van der Waals surface area contributed by atoms with Gasteiger partial charge in [-0.25, -0.2) is 13.2 Å². The van der Waals surface area contributed by atoms with Gasteiger partial charge in [0.05, 0.1) is 36.7 Å². The summed E-state index contributed by atoms with van der Waals surface area (Å²) in [6.07, 6.45) is 4.97. The summed E-state index contributed by atoms with van der Waals surface area (Å²) in [6.45, 7) is 0. The Balaban J connectivity index is 1.45. The maximum Gasteiger partial charge on any atom is 0.336 e. The highest BCUT2D eigenvalue weighted by Crippen LogP contribution is 2.37. The summed E-state index contributed by atoms with van der Waals surface area (Å²) in [5.41, 5.74) is 1.45. The van der Waals surface area contributed by atoms with Crippen LogP contribution in [0.25, 0.3) is 12.2 Å². The molecule has 0 N–H and O–H groups in total. The van der Waals surface area contributed by atoms with E-state index in [-0.39, 0.29) is 23.2 Å². The highest BCUT2D eigenvalue weighted by Gasteiger charge is 2.42. The van der Waals surface area contributed by atoms with E-state index in [1.807, 2.05) is 12.1 Å². The second-order valence-electron chi connectivity index (χ2n) is 8.05. The van der Waals surface area contributed by atoms with Crippen LogP contribution in [0.5, 0.6) is 17.2 Å². The topological polar surface area (TPSA) is 99.2 Å². The van der Waals surface area contributed by atoms with Crippen molar-refractivity contribution in [1.82, 2.24) is 4.90 Å². The Morgan fingerprint density at radius 3 is 2.44 bits per heavy atom. The fraction of sp³-hybridized carbons (Fsp3) is 0.240. The zero-order valence-electron chi connectivity index (χ0n) is 19.5. The third-order valence-electron chi connectivity index (χ3n) is 5.62. The van der Waals surface area contributed by atoms with Gasteiger partial charge in [0.25, 0.3) is 5.91 Å². The van der Waals surface area contributed by atoms with Crippen molar-refractivity contribution in [2.45, 2.75) is 12.5 Å². The van der Waals surface area contributed by atoms with Crippen LogP contribution in [0.2, 0.25) is 0 Å². The molecule has 1 atom stereocenters. The number of hydrogen-bond acceptors (Lipinski definition) is 9. The summed E-state index contributed by atoms with van der Waals surface area (Å²) < 4.78 is 39.9. The molecule has 2 heterocycles. The van der Waals surface area contributed by atoms with Gasteiger partial charge in [0.2, 0.25) is 0 Å². The van der Waals surface area contributed by atoms with E-state index in [1.54, 1.807) is 49.6 Å². The van der Waals surface area contributed by atoms with Crippen LogP contribution in [0.4, 0.5) is 0 Å². The number of ether oxygens (including phenoxy) is 3. The van der Waals surface area contributed by atoms with Crippen LogP contribution in [0.3, 0.4) is 0 Å². The number of benzene rings is 2. The molecule has 0 unspecified atom stereocenters. The van der Waals surface area contributed by atoms with Crippen LogP contribution in [-0.4, -0.2) is 61.3 Å². The summed E-state index contributed by atoms with van der Waals surface area (Å²) in [4.78, 5) is 27.1. The lowest BCUT2D eigenvalue weighted by atomic mass is 10.1. The monoisotopic (exact) mass is 545 g/mol. The average molecular weight is 546 g/mol. The second kappa shape index (κ2) is 10.9. The fourth-order valence-corrected chi connectivity index (χ4v) is 6.91. The number of rotatable bonds is 7. The van der Waals surface area contributed by atoms with Crippen molar-refractivity contribution in [2.24, 2.45) is 0 Å². The number of sulfone groups is 1. The zero-order chi connectivity index (χ0) is 25.9. The molecule has 1 amide bonds. The molecule has 0 spiro atoms. The number of carbonyl (C=O) groups is 2. The van der Waals surface area contributed by atoms with Gasteiger partial charge in [-0.1, -0.05) is 42.2 Å². The fourth-order valence-electron chi connectivity index (χ4n) is 3.80. The van der Waals surface area contributed by atoms with Crippen LogP contribution in [0.15, 0.2) is 53.4 Å². The second-order valence-corrected chi connectivity index (χ2v) is 12.0. The molecule has 2 aliphatic rings. The van der Waals surface area contributed by atoms with Gasteiger partial charge >= 0.3 is 5.97 Å². The lowest BCUT2D eigenvalue weighted by Crippen LogP contribution is -2.39. The third-order valence-corrected chi connectivity index (χ3v) is 8.70. The minimum Gasteiger partial charge on any atom is -0.497 e. The highest BCUT2D eigenvalue weighted by atomic mass is 32.2. The van der Waals surface area contributed by atoms with Gasteiger partial charge in [-0.05, 0) is 54.0 Å². The molecule has 188 valence electrons. The molecule has 36 heavy (non-hydrogen) atoms. The van der Waals surface area contributed by atoms with Crippen molar-refractivity contribution in [2.75, 3.05) is 25.7 Å². The molecular weight excluding hydrogens is 522 g/mol. The zero-order valence-corrected chi connectivity index (χ0v) is 22.0. The Morgan fingerprint density at radius 2 is 1.81 bits per heavy atom. The number of carbonyl (C=O) groups excluding carboxylic acids is 2. The van der Waals surface area contributed by atoms with Crippen molar-refractivity contribution in [3.63, 3.8) is 0 Å². The number of nitrogens with zero attached hydrogens (tertiary/aromatic N) is 1. The van der Waals surface area contributed by atoms with Crippen LogP contribution >= 0.6 is 24.0 Å². The largest absolute Gasteiger partial charge is 0.497 e. The average Bonchev–Trinajstić information content (AvgIpc) is 3.35. The van der Waals surface area contributed by atoms with Crippen molar-refractivity contribution < 1.29 is 32.2 Å². The first-order valence-corrected chi connectivity index (χ1v) is 13.9. The molecule has 2 aromatic rings. The van der Waals surface area contributed by atoms with Crippen molar-refractivity contribution in [1.29, 1.82) is 0 Å². The minimum absolute atomic E-state index is 0.0560. The van der Waals surface area contributed by atoms with E-state index in [0.717, 1.165) is 17.3 Å². The molecule has 0 aliphatic carbocycles. The minimum atomic E-state index is -3.15. The van der Waals surface area contributed by atoms with E-state index in [4.69, 9.17) is 26.4 Å². The maximum absolute atomic E-state index is 12.9. The van der Waals surface area contributed by atoms with Crippen molar-refractivity contribution in [3.05, 3.63) is 64.6 Å². The molecule has 2 saturated heterocycles.